The first-order valence-electron chi connectivity index (χ1n) is 4.81. The zero-order valence-electron chi connectivity index (χ0n) is 8.64. The molecule has 0 aromatic heterocycles. The lowest BCUT2D eigenvalue weighted by molar-refractivity contribution is -0.136. The highest BCUT2D eigenvalue weighted by Gasteiger charge is 1.98. The molecule has 80 valence electrons. The summed E-state index contributed by atoms with van der Waals surface area (Å²) >= 11 is 0. The molecule has 1 N–H and O–H groups in total. The minimum Gasteiger partial charge on any atom is -0.501 e. The predicted octanol–water partition coefficient (Wildman–Crippen LogP) is 2.32. The van der Waals surface area contributed by atoms with Gasteiger partial charge in [-0.25, -0.2) is 0 Å². The lowest BCUT2D eigenvalue weighted by atomic mass is 10.1. The van der Waals surface area contributed by atoms with Crippen LogP contribution in [0.25, 0.3) is 6.08 Å². The minimum absolute atomic E-state index is 0.0649. The number of aliphatic carboxylic acids is 1. The van der Waals surface area contributed by atoms with E-state index in [-0.39, 0.29) is 6.42 Å². The van der Waals surface area contributed by atoms with E-state index in [0.717, 1.165) is 11.1 Å². The van der Waals surface area contributed by atoms with E-state index >= 15 is 0 Å². The van der Waals surface area contributed by atoms with E-state index in [1.807, 2.05) is 25.1 Å². The van der Waals surface area contributed by atoms with Crippen LogP contribution in [0, 0.1) is 0 Å². The number of carboxylic acid groups (broad SMARTS) is 1. The van der Waals surface area contributed by atoms with Crippen LogP contribution in [0.1, 0.15) is 18.1 Å². The number of benzene rings is 1. The number of carbonyl (C=O) groups is 1. The zero-order chi connectivity index (χ0) is 11.1. The standard InChI is InChI=1S/C12H14O3/c1-2-15-8-7-10-3-5-11(6-4-10)9-12(13)14/h3-8H,2,9H2,1H3,(H,13,14)/b8-7+. The van der Waals surface area contributed by atoms with Gasteiger partial charge in [0.05, 0.1) is 19.3 Å². The van der Waals surface area contributed by atoms with Crippen LogP contribution in [0.5, 0.6) is 0 Å². The summed E-state index contributed by atoms with van der Waals surface area (Å²) in [5, 5.41) is 8.58. The Bertz CT molecular complexity index is 338. The molecule has 1 aromatic rings. The first-order chi connectivity index (χ1) is 7.22. The van der Waals surface area contributed by atoms with E-state index in [2.05, 4.69) is 0 Å². The van der Waals surface area contributed by atoms with Crippen LogP contribution in [0.4, 0.5) is 0 Å². The molecule has 0 saturated carbocycles. The van der Waals surface area contributed by atoms with Crippen molar-refractivity contribution in [2.75, 3.05) is 6.61 Å². The molecule has 0 heterocycles. The topological polar surface area (TPSA) is 46.5 Å². The number of ether oxygens (including phenoxy) is 1. The fourth-order valence-electron chi connectivity index (χ4n) is 1.14. The Morgan fingerprint density at radius 2 is 2.07 bits per heavy atom. The Kier molecular flexibility index (Phi) is 4.41. The van der Waals surface area contributed by atoms with Gasteiger partial charge in [0.15, 0.2) is 0 Å². The van der Waals surface area contributed by atoms with E-state index in [9.17, 15) is 4.79 Å². The third-order valence-corrected chi connectivity index (χ3v) is 1.86. The third kappa shape index (κ3) is 4.31. The lowest BCUT2D eigenvalue weighted by Crippen LogP contribution is -1.99. The van der Waals surface area contributed by atoms with Crippen molar-refractivity contribution in [3.63, 3.8) is 0 Å². The Morgan fingerprint density at radius 3 is 2.60 bits per heavy atom. The molecular weight excluding hydrogens is 192 g/mol. The number of hydrogen-bond donors (Lipinski definition) is 1. The van der Waals surface area contributed by atoms with Crippen LogP contribution in [0.3, 0.4) is 0 Å². The summed E-state index contributed by atoms with van der Waals surface area (Å²) in [6, 6.07) is 7.35. The maximum absolute atomic E-state index is 10.4. The second kappa shape index (κ2) is 5.86. The molecule has 15 heavy (non-hydrogen) atoms. The van der Waals surface area contributed by atoms with Crippen molar-refractivity contribution in [1.29, 1.82) is 0 Å². The molecule has 0 unspecified atom stereocenters. The number of carboxylic acids is 1. The SMILES string of the molecule is CCO/C=C/c1ccc(CC(=O)O)cc1. The maximum Gasteiger partial charge on any atom is 0.307 e. The van der Waals surface area contributed by atoms with Crippen molar-refractivity contribution in [1.82, 2.24) is 0 Å². The van der Waals surface area contributed by atoms with Crippen LogP contribution in [0.2, 0.25) is 0 Å². The molecular formula is C12H14O3. The first kappa shape index (κ1) is 11.3. The van der Waals surface area contributed by atoms with Gasteiger partial charge in [-0.05, 0) is 24.1 Å². The van der Waals surface area contributed by atoms with Gasteiger partial charge in [-0.2, -0.15) is 0 Å². The van der Waals surface area contributed by atoms with Crippen LogP contribution < -0.4 is 0 Å². The maximum atomic E-state index is 10.4. The molecule has 0 radical (unpaired) electrons. The summed E-state index contributed by atoms with van der Waals surface area (Å²) in [5.41, 5.74) is 1.80. The molecule has 1 rings (SSSR count). The van der Waals surface area contributed by atoms with E-state index in [1.165, 1.54) is 0 Å². The summed E-state index contributed by atoms with van der Waals surface area (Å²) in [4.78, 5) is 10.4. The van der Waals surface area contributed by atoms with Crippen molar-refractivity contribution < 1.29 is 14.6 Å². The summed E-state index contributed by atoms with van der Waals surface area (Å²) in [5.74, 6) is -0.812. The van der Waals surface area contributed by atoms with E-state index < -0.39 is 5.97 Å². The molecule has 0 amide bonds. The van der Waals surface area contributed by atoms with Crippen LogP contribution in [0.15, 0.2) is 30.5 Å². The van der Waals surface area contributed by atoms with Crippen molar-refractivity contribution in [3.8, 4) is 0 Å². The highest BCUT2D eigenvalue weighted by molar-refractivity contribution is 5.70. The molecule has 0 aliphatic carbocycles. The van der Waals surface area contributed by atoms with Crippen LogP contribution in [-0.2, 0) is 16.0 Å². The Hall–Kier alpha value is -1.77. The quantitative estimate of drug-likeness (QED) is 0.752. The van der Waals surface area contributed by atoms with Gasteiger partial charge in [0, 0.05) is 0 Å². The largest absolute Gasteiger partial charge is 0.501 e. The highest BCUT2D eigenvalue weighted by Crippen LogP contribution is 2.07. The average molecular weight is 206 g/mol. The fourth-order valence-corrected chi connectivity index (χ4v) is 1.14. The third-order valence-electron chi connectivity index (χ3n) is 1.86. The molecule has 0 fully saturated rings. The summed E-state index contributed by atoms with van der Waals surface area (Å²) < 4.78 is 5.06. The van der Waals surface area contributed by atoms with E-state index in [1.54, 1.807) is 18.4 Å². The molecule has 0 aliphatic heterocycles. The smallest absolute Gasteiger partial charge is 0.307 e. The van der Waals surface area contributed by atoms with Crippen LogP contribution >= 0.6 is 0 Å². The molecule has 0 spiro atoms. The molecule has 0 atom stereocenters. The molecule has 1 aromatic carbocycles. The Balaban J connectivity index is 2.60. The average Bonchev–Trinajstić information content (AvgIpc) is 2.20. The second-order valence-electron chi connectivity index (χ2n) is 3.07. The van der Waals surface area contributed by atoms with Gasteiger partial charge < -0.3 is 9.84 Å². The zero-order valence-corrected chi connectivity index (χ0v) is 8.64. The molecule has 0 aliphatic rings. The van der Waals surface area contributed by atoms with Gasteiger partial charge in [0.25, 0.3) is 0 Å². The van der Waals surface area contributed by atoms with Crippen molar-refractivity contribution in [2.45, 2.75) is 13.3 Å². The Morgan fingerprint density at radius 1 is 1.40 bits per heavy atom. The second-order valence-corrected chi connectivity index (χ2v) is 3.07. The van der Waals surface area contributed by atoms with Gasteiger partial charge in [-0.3, -0.25) is 4.79 Å². The van der Waals surface area contributed by atoms with E-state index in [0.29, 0.717) is 6.61 Å². The minimum atomic E-state index is -0.812. The summed E-state index contributed by atoms with van der Waals surface area (Å²) in [6.45, 7) is 2.56. The number of rotatable bonds is 5. The molecule has 3 nitrogen and oxygen atoms in total. The number of hydrogen-bond acceptors (Lipinski definition) is 2. The van der Waals surface area contributed by atoms with Gasteiger partial charge in [0.2, 0.25) is 0 Å². The van der Waals surface area contributed by atoms with E-state index in [4.69, 9.17) is 9.84 Å². The predicted molar refractivity (Wildman–Crippen MR) is 58.4 cm³/mol. The highest BCUT2D eigenvalue weighted by atomic mass is 16.5. The fraction of sp³-hybridized carbons (Fsp3) is 0.250. The first-order valence-corrected chi connectivity index (χ1v) is 4.81. The van der Waals surface area contributed by atoms with Crippen LogP contribution in [-0.4, -0.2) is 17.7 Å². The van der Waals surface area contributed by atoms with Gasteiger partial charge in [-0.15, -0.1) is 0 Å². The van der Waals surface area contributed by atoms with Crippen molar-refractivity contribution in [2.24, 2.45) is 0 Å². The summed E-state index contributed by atoms with van der Waals surface area (Å²) in [6.07, 6.45) is 3.54. The molecule has 0 bridgehead atoms. The van der Waals surface area contributed by atoms with Gasteiger partial charge in [0.1, 0.15) is 0 Å². The Labute approximate surface area is 89.0 Å². The normalized spacial score (nSPS) is 10.5. The van der Waals surface area contributed by atoms with Gasteiger partial charge >= 0.3 is 5.97 Å². The molecule has 3 heteroatoms. The van der Waals surface area contributed by atoms with Crippen molar-refractivity contribution >= 4 is 12.0 Å². The summed E-state index contributed by atoms with van der Waals surface area (Å²) in [7, 11) is 0. The van der Waals surface area contributed by atoms with Crippen molar-refractivity contribution in [3.05, 3.63) is 41.7 Å². The molecule has 0 saturated heterocycles. The monoisotopic (exact) mass is 206 g/mol. The lowest BCUT2D eigenvalue weighted by Gasteiger charge is -1.98. The van der Waals surface area contributed by atoms with Gasteiger partial charge in [-0.1, -0.05) is 24.3 Å².